The van der Waals surface area contributed by atoms with Crippen molar-refractivity contribution < 1.29 is 4.79 Å². The third-order valence-electron chi connectivity index (χ3n) is 3.62. The smallest absolute Gasteiger partial charge is 0.255 e. The Morgan fingerprint density at radius 2 is 1.96 bits per heavy atom. The summed E-state index contributed by atoms with van der Waals surface area (Å²) >= 11 is 4.82. The predicted molar refractivity (Wildman–Crippen MR) is 101 cm³/mol. The van der Waals surface area contributed by atoms with Crippen molar-refractivity contribution in [3.05, 3.63) is 64.4 Å². The van der Waals surface area contributed by atoms with Gasteiger partial charge >= 0.3 is 0 Å². The molecule has 2 aromatic carbocycles. The van der Waals surface area contributed by atoms with Crippen LogP contribution in [-0.4, -0.2) is 25.7 Å². The first kappa shape index (κ1) is 15.9. The molecule has 8 heteroatoms. The monoisotopic (exact) mass is 413 g/mol. The molecule has 2 heterocycles. The van der Waals surface area contributed by atoms with Crippen LogP contribution in [0, 0.1) is 6.92 Å². The lowest BCUT2D eigenvalue weighted by Crippen LogP contribution is -2.11. The van der Waals surface area contributed by atoms with Gasteiger partial charge in [0.1, 0.15) is 5.01 Å². The fraction of sp³-hybridized carbons (Fsp3) is 0.0588. The zero-order valence-electron chi connectivity index (χ0n) is 13.1. The maximum atomic E-state index is 12.4. The van der Waals surface area contributed by atoms with Crippen LogP contribution in [0.2, 0.25) is 0 Å². The molecular formula is C17H12BrN5OS. The number of nitrogens with one attached hydrogen (secondary N) is 1. The number of aromatic nitrogens is 4. The number of rotatable bonds is 3. The summed E-state index contributed by atoms with van der Waals surface area (Å²) in [6, 6.07) is 14.8. The Morgan fingerprint density at radius 3 is 2.72 bits per heavy atom. The standard InChI is InChI=1S/C17H12BrN5OS/c1-10-20-21-17-23(10)22-16(25-17)12-3-2-4-14(9-12)19-15(24)11-5-7-13(18)8-6-11/h2-9H,1H3,(H,19,24). The summed E-state index contributed by atoms with van der Waals surface area (Å²) in [5, 5.41) is 16.3. The summed E-state index contributed by atoms with van der Waals surface area (Å²) in [6.45, 7) is 1.86. The zero-order valence-corrected chi connectivity index (χ0v) is 15.5. The number of amides is 1. The highest BCUT2D eigenvalue weighted by Gasteiger charge is 2.12. The average molecular weight is 414 g/mol. The predicted octanol–water partition coefficient (Wildman–Crippen LogP) is 4.18. The molecule has 1 amide bonds. The van der Waals surface area contributed by atoms with E-state index in [1.165, 1.54) is 11.3 Å². The van der Waals surface area contributed by atoms with Crippen LogP contribution >= 0.6 is 27.3 Å². The molecule has 0 fully saturated rings. The number of carbonyl (C=O) groups is 1. The van der Waals surface area contributed by atoms with Crippen molar-refractivity contribution in [3.8, 4) is 10.6 Å². The fourth-order valence-electron chi connectivity index (χ4n) is 2.37. The number of carbonyl (C=O) groups excluding carboxylic acids is 1. The Hall–Kier alpha value is -2.58. The van der Waals surface area contributed by atoms with E-state index in [1.54, 1.807) is 16.6 Å². The number of hydrogen-bond acceptors (Lipinski definition) is 5. The summed E-state index contributed by atoms with van der Waals surface area (Å²) in [5.74, 6) is 0.593. The first-order chi connectivity index (χ1) is 12.1. The first-order valence-electron chi connectivity index (χ1n) is 7.46. The van der Waals surface area contributed by atoms with E-state index in [0.717, 1.165) is 25.8 Å². The minimum atomic E-state index is -0.154. The highest BCUT2D eigenvalue weighted by molar-refractivity contribution is 9.10. The molecule has 0 unspecified atom stereocenters. The molecule has 0 saturated carbocycles. The van der Waals surface area contributed by atoms with Gasteiger partial charge in [0.15, 0.2) is 5.82 Å². The lowest BCUT2D eigenvalue weighted by molar-refractivity contribution is 0.102. The molecule has 4 rings (SSSR count). The Kier molecular flexibility index (Phi) is 4.06. The van der Waals surface area contributed by atoms with Crippen LogP contribution in [0.4, 0.5) is 5.69 Å². The van der Waals surface area contributed by atoms with Crippen molar-refractivity contribution in [2.45, 2.75) is 6.92 Å². The normalized spacial score (nSPS) is 11.0. The molecular weight excluding hydrogens is 402 g/mol. The number of halogens is 1. The lowest BCUT2D eigenvalue weighted by Gasteiger charge is -2.06. The van der Waals surface area contributed by atoms with Gasteiger partial charge in [-0.25, -0.2) is 0 Å². The fourth-order valence-corrected chi connectivity index (χ4v) is 3.51. The second-order valence-corrected chi connectivity index (χ2v) is 7.26. The Morgan fingerprint density at radius 1 is 1.16 bits per heavy atom. The van der Waals surface area contributed by atoms with Gasteiger partial charge in [-0.3, -0.25) is 4.79 Å². The van der Waals surface area contributed by atoms with Crippen LogP contribution in [0.5, 0.6) is 0 Å². The summed E-state index contributed by atoms with van der Waals surface area (Å²) in [6.07, 6.45) is 0. The lowest BCUT2D eigenvalue weighted by atomic mass is 10.2. The van der Waals surface area contributed by atoms with E-state index in [1.807, 2.05) is 43.3 Å². The molecule has 25 heavy (non-hydrogen) atoms. The van der Waals surface area contributed by atoms with Gasteiger partial charge in [-0.2, -0.15) is 9.61 Å². The Balaban J connectivity index is 1.60. The van der Waals surface area contributed by atoms with Gasteiger partial charge in [0.25, 0.3) is 5.91 Å². The molecule has 0 aliphatic carbocycles. The minimum Gasteiger partial charge on any atom is -0.322 e. The third-order valence-corrected chi connectivity index (χ3v) is 5.10. The minimum absolute atomic E-state index is 0.154. The SMILES string of the molecule is Cc1nnc2sc(-c3cccc(NC(=O)c4ccc(Br)cc4)c3)nn12. The van der Waals surface area contributed by atoms with Crippen LogP contribution in [0.15, 0.2) is 53.0 Å². The summed E-state index contributed by atoms with van der Waals surface area (Å²) in [7, 11) is 0. The topological polar surface area (TPSA) is 72.2 Å². The maximum Gasteiger partial charge on any atom is 0.255 e. The van der Waals surface area contributed by atoms with E-state index >= 15 is 0 Å². The maximum absolute atomic E-state index is 12.4. The highest BCUT2D eigenvalue weighted by atomic mass is 79.9. The third kappa shape index (κ3) is 3.18. The van der Waals surface area contributed by atoms with Gasteiger partial charge in [-0.05, 0) is 43.3 Å². The first-order valence-corrected chi connectivity index (χ1v) is 9.07. The molecule has 0 spiro atoms. The highest BCUT2D eigenvalue weighted by Crippen LogP contribution is 2.27. The van der Waals surface area contributed by atoms with Gasteiger partial charge in [-0.1, -0.05) is 39.4 Å². The number of benzene rings is 2. The molecule has 0 aliphatic rings. The molecule has 0 bridgehead atoms. The second kappa shape index (κ2) is 6.38. The van der Waals surface area contributed by atoms with E-state index in [9.17, 15) is 4.79 Å². The van der Waals surface area contributed by atoms with Gasteiger partial charge in [0.2, 0.25) is 4.96 Å². The van der Waals surface area contributed by atoms with E-state index in [4.69, 9.17) is 0 Å². The molecule has 0 saturated heterocycles. The molecule has 4 aromatic rings. The van der Waals surface area contributed by atoms with Crippen LogP contribution in [0.3, 0.4) is 0 Å². The van der Waals surface area contributed by atoms with Crippen LogP contribution < -0.4 is 5.32 Å². The van der Waals surface area contributed by atoms with Crippen molar-refractivity contribution in [1.29, 1.82) is 0 Å². The van der Waals surface area contributed by atoms with E-state index < -0.39 is 0 Å². The van der Waals surface area contributed by atoms with Crippen molar-refractivity contribution in [2.24, 2.45) is 0 Å². The van der Waals surface area contributed by atoms with Crippen LogP contribution in [0.1, 0.15) is 16.2 Å². The van der Waals surface area contributed by atoms with Crippen molar-refractivity contribution in [1.82, 2.24) is 19.8 Å². The molecule has 0 atom stereocenters. The summed E-state index contributed by atoms with van der Waals surface area (Å²) in [5.41, 5.74) is 2.24. The van der Waals surface area contributed by atoms with E-state index in [-0.39, 0.29) is 5.91 Å². The number of fused-ring (bicyclic) bond motifs is 1. The van der Waals surface area contributed by atoms with Gasteiger partial charge in [0.05, 0.1) is 0 Å². The van der Waals surface area contributed by atoms with Crippen molar-refractivity contribution >= 4 is 43.8 Å². The van der Waals surface area contributed by atoms with Crippen molar-refractivity contribution in [3.63, 3.8) is 0 Å². The van der Waals surface area contributed by atoms with E-state index in [0.29, 0.717) is 11.3 Å². The molecule has 6 nitrogen and oxygen atoms in total. The van der Waals surface area contributed by atoms with Gasteiger partial charge in [0, 0.05) is 21.3 Å². The Labute approximate surface area is 155 Å². The summed E-state index contributed by atoms with van der Waals surface area (Å²) in [4.78, 5) is 13.1. The van der Waals surface area contributed by atoms with Crippen molar-refractivity contribution in [2.75, 3.05) is 5.32 Å². The second-order valence-electron chi connectivity index (χ2n) is 5.39. The van der Waals surface area contributed by atoms with Gasteiger partial charge in [-0.15, -0.1) is 10.2 Å². The molecule has 0 aliphatic heterocycles. The summed E-state index contributed by atoms with van der Waals surface area (Å²) < 4.78 is 2.65. The molecule has 124 valence electrons. The molecule has 2 aromatic heterocycles. The largest absolute Gasteiger partial charge is 0.322 e. The number of anilines is 1. The molecule has 0 radical (unpaired) electrons. The Bertz CT molecular complexity index is 1070. The van der Waals surface area contributed by atoms with Crippen LogP contribution in [0.25, 0.3) is 15.5 Å². The van der Waals surface area contributed by atoms with Gasteiger partial charge < -0.3 is 5.32 Å². The average Bonchev–Trinajstić information content (AvgIpc) is 3.18. The number of hydrogen-bond donors (Lipinski definition) is 1. The molecule has 1 N–H and O–H groups in total. The van der Waals surface area contributed by atoms with Crippen LogP contribution in [-0.2, 0) is 0 Å². The number of nitrogens with zero attached hydrogens (tertiary/aromatic N) is 4. The number of aryl methyl sites for hydroxylation is 1. The zero-order chi connectivity index (χ0) is 17.4. The quantitative estimate of drug-likeness (QED) is 0.546. The van der Waals surface area contributed by atoms with E-state index in [2.05, 4.69) is 36.5 Å².